The quantitative estimate of drug-likeness (QED) is 0.885. The first kappa shape index (κ1) is 12.1. The lowest BCUT2D eigenvalue weighted by Crippen LogP contribution is -2.16. The second-order valence-electron chi connectivity index (χ2n) is 5.62. The average Bonchev–Trinajstić information content (AvgIpc) is 2.99. The maximum absolute atomic E-state index is 5.81. The van der Waals surface area contributed by atoms with Gasteiger partial charge in [-0.25, -0.2) is 0 Å². The van der Waals surface area contributed by atoms with Gasteiger partial charge in [0.1, 0.15) is 0 Å². The molecule has 0 spiro atoms. The molecule has 4 unspecified atom stereocenters. The van der Waals surface area contributed by atoms with Crippen molar-refractivity contribution in [2.45, 2.75) is 64.3 Å². The zero-order valence-corrected chi connectivity index (χ0v) is 11.2. The summed E-state index contributed by atoms with van der Waals surface area (Å²) in [6.45, 7) is 7.05. The minimum atomic E-state index is 0.152. The van der Waals surface area contributed by atoms with E-state index in [1.165, 1.54) is 12.8 Å². The van der Waals surface area contributed by atoms with Gasteiger partial charge in [0, 0.05) is 6.04 Å². The summed E-state index contributed by atoms with van der Waals surface area (Å²) in [6.07, 6.45) is 2.94. The second kappa shape index (κ2) is 4.63. The van der Waals surface area contributed by atoms with Gasteiger partial charge in [-0.15, -0.1) is 10.2 Å². The third-order valence-corrected chi connectivity index (χ3v) is 4.13. The molecule has 100 valence electrons. The summed E-state index contributed by atoms with van der Waals surface area (Å²) in [7, 11) is 0. The lowest BCUT2D eigenvalue weighted by atomic mass is 9.89. The molecule has 1 saturated carbocycles. The molecule has 1 aromatic rings. The number of hydrogen-bond donors (Lipinski definition) is 1. The number of aromatic nitrogens is 2. The summed E-state index contributed by atoms with van der Waals surface area (Å²) in [5.41, 5.74) is 0. The van der Waals surface area contributed by atoms with E-state index < -0.39 is 0 Å². The van der Waals surface area contributed by atoms with Gasteiger partial charge >= 0.3 is 0 Å². The summed E-state index contributed by atoms with van der Waals surface area (Å²) >= 11 is 0. The zero-order valence-electron chi connectivity index (χ0n) is 11.2. The Bertz CT molecular complexity index is 416. The van der Waals surface area contributed by atoms with Crippen LogP contribution in [0.15, 0.2) is 4.42 Å². The average molecular weight is 251 g/mol. The molecule has 5 nitrogen and oxygen atoms in total. The van der Waals surface area contributed by atoms with E-state index >= 15 is 0 Å². The van der Waals surface area contributed by atoms with Gasteiger partial charge in [0.15, 0.2) is 0 Å². The van der Waals surface area contributed by atoms with Crippen LogP contribution in [0.3, 0.4) is 0 Å². The summed E-state index contributed by atoms with van der Waals surface area (Å²) in [5.74, 6) is 2.06. The Morgan fingerprint density at radius 2 is 1.94 bits per heavy atom. The monoisotopic (exact) mass is 251 g/mol. The Hall–Kier alpha value is -0.940. The third-order valence-electron chi connectivity index (χ3n) is 4.13. The molecule has 0 bridgehead atoms. The van der Waals surface area contributed by atoms with Gasteiger partial charge in [0.2, 0.25) is 11.8 Å². The molecule has 1 aliphatic heterocycles. The van der Waals surface area contributed by atoms with Crippen LogP contribution in [0.25, 0.3) is 0 Å². The number of rotatable bonds is 4. The molecule has 1 aromatic heterocycles. The largest absolute Gasteiger partial charge is 0.423 e. The highest BCUT2D eigenvalue weighted by molar-refractivity contribution is 5.02. The molecule has 5 heteroatoms. The van der Waals surface area contributed by atoms with Gasteiger partial charge < -0.3 is 14.5 Å². The fourth-order valence-corrected chi connectivity index (χ4v) is 2.68. The molecule has 0 radical (unpaired) electrons. The first-order chi connectivity index (χ1) is 8.65. The van der Waals surface area contributed by atoms with Crippen molar-refractivity contribution in [2.24, 2.45) is 5.92 Å². The molecule has 1 saturated heterocycles. The Labute approximate surface area is 107 Å². The zero-order chi connectivity index (χ0) is 12.7. The van der Waals surface area contributed by atoms with Gasteiger partial charge in [-0.2, -0.15) is 0 Å². The molecule has 2 heterocycles. The molecule has 18 heavy (non-hydrogen) atoms. The molecular weight excluding hydrogens is 230 g/mol. The molecule has 1 aliphatic carbocycles. The molecule has 1 N–H and O–H groups in total. The smallest absolute Gasteiger partial charge is 0.230 e. The summed E-state index contributed by atoms with van der Waals surface area (Å²) in [6, 6.07) is 0.660. The van der Waals surface area contributed by atoms with Crippen molar-refractivity contribution in [1.82, 2.24) is 15.5 Å². The highest BCUT2D eigenvalue weighted by Crippen LogP contribution is 2.39. The van der Waals surface area contributed by atoms with E-state index in [0.717, 1.165) is 5.89 Å². The van der Waals surface area contributed by atoms with Crippen LogP contribution >= 0.6 is 0 Å². The predicted molar refractivity (Wildman–Crippen MR) is 66.1 cm³/mol. The SMILES string of the molecule is CC1OC(C)C(c2nnc(CNC3CC3)o2)C1C. The van der Waals surface area contributed by atoms with Gasteiger partial charge in [0.05, 0.1) is 24.7 Å². The van der Waals surface area contributed by atoms with Crippen LogP contribution < -0.4 is 5.32 Å². The minimum Gasteiger partial charge on any atom is -0.423 e. The van der Waals surface area contributed by atoms with Gasteiger partial charge in [-0.3, -0.25) is 0 Å². The Morgan fingerprint density at radius 1 is 1.17 bits per heavy atom. The van der Waals surface area contributed by atoms with E-state index in [9.17, 15) is 0 Å². The van der Waals surface area contributed by atoms with Crippen LogP contribution in [0.2, 0.25) is 0 Å². The molecule has 0 amide bonds. The lowest BCUT2D eigenvalue weighted by Gasteiger charge is -2.13. The minimum absolute atomic E-state index is 0.152. The van der Waals surface area contributed by atoms with Crippen LogP contribution in [0.4, 0.5) is 0 Å². The second-order valence-corrected chi connectivity index (χ2v) is 5.62. The van der Waals surface area contributed by atoms with E-state index in [2.05, 4.69) is 36.3 Å². The van der Waals surface area contributed by atoms with Crippen LogP contribution in [0.1, 0.15) is 51.3 Å². The van der Waals surface area contributed by atoms with Gasteiger partial charge in [-0.05, 0) is 32.6 Å². The first-order valence-corrected chi connectivity index (χ1v) is 6.86. The summed E-state index contributed by atoms with van der Waals surface area (Å²) < 4.78 is 11.6. The van der Waals surface area contributed by atoms with Crippen molar-refractivity contribution in [1.29, 1.82) is 0 Å². The molecule has 2 fully saturated rings. The summed E-state index contributed by atoms with van der Waals surface area (Å²) in [5, 5.41) is 11.7. The molecule has 0 aromatic carbocycles. The number of hydrogen-bond acceptors (Lipinski definition) is 5. The van der Waals surface area contributed by atoms with Crippen molar-refractivity contribution in [3.63, 3.8) is 0 Å². The Morgan fingerprint density at radius 3 is 2.56 bits per heavy atom. The number of ether oxygens (including phenoxy) is 1. The van der Waals surface area contributed by atoms with Crippen molar-refractivity contribution < 1.29 is 9.15 Å². The standard InChI is InChI=1S/C13H21N3O2/c1-7-8(2)17-9(3)12(7)13-16-15-11(18-13)6-14-10-4-5-10/h7-10,12,14H,4-6H2,1-3H3. The Balaban J connectivity index is 1.67. The van der Waals surface area contributed by atoms with E-state index in [1.54, 1.807) is 0 Å². The van der Waals surface area contributed by atoms with E-state index in [1.807, 2.05) is 0 Å². The van der Waals surface area contributed by atoms with Crippen molar-refractivity contribution in [3.05, 3.63) is 11.8 Å². The number of nitrogens with one attached hydrogen (secondary N) is 1. The van der Waals surface area contributed by atoms with Crippen LogP contribution in [-0.2, 0) is 11.3 Å². The van der Waals surface area contributed by atoms with Crippen molar-refractivity contribution in [3.8, 4) is 0 Å². The number of nitrogens with zero attached hydrogens (tertiary/aromatic N) is 2. The van der Waals surface area contributed by atoms with Crippen molar-refractivity contribution in [2.75, 3.05) is 0 Å². The highest BCUT2D eigenvalue weighted by atomic mass is 16.5. The van der Waals surface area contributed by atoms with E-state index in [0.29, 0.717) is 24.4 Å². The van der Waals surface area contributed by atoms with Crippen LogP contribution in [0, 0.1) is 5.92 Å². The highest BCUT2D eigenvalue weighted by Gasteiger charge is 2.41. The van der Waals surface area contributed by atoms with Gasteiger partial charge in [-0.1, -0.05) is 6.92 Å². The van der Waals surface area contributed by atoms with Crippen LogP contribution in [-0.4, -0.2) is 28.4 Å². The van der Waals surface area contributed by atoms with Crippen molar-refractivity contribution >= 4 is 0 Å². The first-order valence-electron chi connectivity index (χ1n) is 6.86. The maximum atomic E-state index is 5.81. The van der Waals surface area contributed by atoms with Gasteiger partial charge in [0.25, 0.3) is 0 Å². The van der Waals surface area contributed by atoms with Crippen LogP contribution in [0.5, 0.6) is 0 Å². The third kappa shape index (κ3) is 2.29. The molecule has 4 atom stereocenters. The molecule has 2 aliphatic rings. The fraction of sp³-hybridized carbons (Fsp3) is 0.846. The normalized spacial score (nSPS) is 36.2. The lowest BCUT2D eigenvalue weighted by molar-refractivity contribution is 0.0544. The topological polar surface area (TPSA) is 60.2 Å². The fourth-order valence-electron chi connectivity index (χ4n) is 2.68. The van der Waals surface area contributed by atoms with E-state index in [-0.39, 0.29) is 18.1 Å². The Kier molecular flexibility index (Phi) is 3.11. The van der Waals surface area contributed by atoms with E-state index in [4.69, 9.17) is 9.15 Å². The summed E-state index contributed by atoms with van der Waals surface area (Å²) in [4.78, 5) is 0. The maximum Gasteiger partial charge on any atom is 0.230 e. The predicted octanol–water partition coefficient (Wildman–Crippen LogP) is 1.85. The molecular formula is C13H21N3O2. The molecule has 3 rings (SSSR count).